The van der Waals surface area contributed by atoms with Crippen LogP contribution < -0.4 is 20.7 Å². The van der Waals surface area contributed by atoms with Crippen LogP contribution in [0.1, 0.15) is 17.2 Å². The summed E-state index contributed by atoms with van der Waals surface area (Å²) in [5.41, 5.74) is 5.05. The number of para-hydroxylation sites is 1. The lowest BCUT2D eigenvalue weighted by atomic mass is 9.98. The van der Waals surface area contributed by atoms with Crippen molar-refractivity contribution in [2.75, 3.05) is 14.2 Å². The fourth-order valence-corrected chi connectivity index (χ4v) is 2.29. The zero-order chi connectivity index (χ0) is 14.4. The van der Waals surface area contributed by atoms with Gasteiger partial charge in [0.2, 0.25) is 0 Å². The molecule has 0 aliphatic heterocycles. The number of hydrogen-bond acceptors (Lipinski definition) is 4. The maximum atomic E-state index is 5.72. The average Bonchev–Trinajstić information content (AvgIpc) is 2.52. The number of hydrazine groups is 1. The highest BCUT2D eigenvalue weighted by atomic mass is 16.5. The van der Waals surface area contributed by atoms with Crippen molar-refractivity contribution in [3.05, 3.63) is 59.7 Å². The highest BCUT2D eigenvalue weighted by molar-refractivity contribution is 5.48. The molecule has 0 radical (unpaired) electrons. The molecule has 0 aromatic heterocycles. The molecule has 0 aliphatic rings. The fourth-order valence-electron chi connectivity index (χ4n) is 2.29. The predicted molar refractivity (Wildman–Crippen MR) is 79.8 cm³/mol. The maximum absolute atomic E-state index is 5.72. The summed E-state index contributed by atoms with van der Waals surface area (Å²) in [6.45, 7) is 0. The van der Waals surface area contributed by atoms with Gasteiger partial charge in [0.15, 0.2) is 11.5 Å². The van der Waals surface area contributed by atoms with Gasteiger partial charge in [-0.15, -0.1) is 0 Å². The minimum Gasteiger partial charge on any atom is -0.493 e. The van der Waals surface area contributed by atoms with Crippen molar-refractivity contribution in [2.24, 2.45) is 5.84 Å². The van der Waals surface area contributed by atoms with Gasteiger partial charge >= 0.3 is 0 Å². The Morgan fingerprint density at radius 3 is 2.35 bits per heavy atom. The van der Waals surface area contributed by atoms with Crippen molar-refractivity contribution in [2.45, 2.75) is 12.5 Å². The molecule has 2 aromatic carbocycles. The second kappa shape index (κ2) is 6.93. The van der Waals surface area contributed by atoms with Gasteiger partial charge in [0.25, 0.3) is 0 Å². The lowest BCUT2D eigenvalue weighted by molar-refractivity contribution is 0.346. The summed E-state index contributed by atoms with van der Waals surface area (Å²) in [6, 6.07) is 16.0. The van der Waals surface area contributed by atoms with Gasteiger partial charge in [-0.1, -0.05) is 42.5 Å². The SMILES string of the molecule is COc1cccc(C(Cc2ccccc2)NN)c1OC. The molecule has 0 spiro atoms. The van der Waals surface area contributed by atoms with Gasteiger partial charge in [0.05, 0.1) is 20.3 Å². The van der Waals surface area contributed by atoms with Gasteiger partial charge in [-0.25, -0.2) is 0 Å². The molecule has 0 amide bonds. The molecule has 4 nitrogen and oxygen atoms in total. The lowest BCUT2D eigenvalue weighted by Crippen LogP contribution is -2.30. The van der Waals surface area contributed by atoms with E-state index in [-0.39, 0.29) is 6.04 Å². The van der Waals surface area contributed by atoms with E-state index in [4.69, 9.17) is 15.3 Å². The molecule has 3 N–H and O–H groups in total. The van der Waals surface area contributed by atoms with Crippen molar-refractivity contribution in [3.8, 4) is 11.5 Å². The number of ether oxygens (including phenoxy) is 2. The second-order valence-corrected chi connectivity index (χ2v) is 4.49. The van der Waals surface area contributed by atoms with Crippen molar-refractivity contribution < 1.29 is 9.47 Å². The Morgan fingerprint density at radius 1 is 1.00 bits per heavy atom. The smallest absolute Gasteiger partial charge is 0.165 e. The Kier molecular flexibility index (Phi) is 4.98. The third kappa shape index (κ3) is 3.10. The minimum atomic E-state index is -0.0394. The van der Waals surface area contributed by atoms with Crippen LogP contribution in [0.3, 0.4) is 0 Å². The van der Waals surface area contributed by atoms with Crippen LogP contribution in [0.15, 0.2) is 48.5 Å². The number of hydrogen-bond donors (Lipinski definition) is 2. The second-order valence-electron chi connectivity index (χ2n) is 4.49. The first-order chi connectivity index (χ1) is 9.80. The van der Waals surface area contributed by atoms with E-state index in [9.17, 15) is 0 Å². The number of nitrogens with two attached hydrogens (primary N) is 1. The molecule has 4 heteroatoms. The van der Waals surface area contributed by atoms with E-state index in [0.717, 1.165) is 12.0 Å². The third-order valence-electron chi connectivity index (χ3n) is 3.29. The van der Waals surface area contributed by atoms with Gasteiger partial charge in [-0.05, 0) is 18.1 Å². The van der Waals surface area contributed by atoms with Gasteiger partial charge < -0.3 is 9.47 Å². The fraction of sp³-hybridized carbons (Fsp3) is 0.250. The third-order valence-corrected chi connectivity index (χ3v) is 3.29. The van der Waals surface area contributed by atoms with Gasteiger partial charge in [-0.2, -0.15) is 0 Å². The number of rotatable bonds is 6. The maximum Gasteiger partial charge on any atom is 0.165 e. The molecule has 106 valence electrons. The van der Waals surface area contributed by atoms with Crippen molar-refractivity contribution >= 4 is 0 Å². The summed E-state index contributed by atoms with van der Waals surface area (Å²) in [5.74, 6) is 7.14. The molecule has 0 saturated heterocycles. The van der Waals surface area contributed by atoms with E-state index in [1.54, 1.807) is 14.2 Å². The normalized spacial score (nSPS) is 11.9. The summed E-state index contributed by atoms with van der Waals surface area (Å²) in [7, 11) is 3.27. The molecule has 0 fully saturated rings. The molecule has 2 aromatic rings. The zero-order valence-electron chi connectivity index (χ0n) is 11.8. The summed E-state index contributed by atoms with van der Waals surface area (Å²) in [4.78, 5) is 0. The van der Waals surface area contributed by atoms with Gasteiger partial charge in [0.1, 0.15) is 0 Å². The van der Waals surface area contributed by atoms with Crippen LogP contribution in [0, 0.1) is 0 Å². The molecule has 20 heavy (non-hydrogen) atoms. The first-order valence-corrected chi connectivity index (χ1v) is 6.51. The standard InChI is InChI=1S/C16H20N2O2/c1-19-15-10-6-9-13(16(15)20-2)14(18-17)11-12-7-4-3-5-8-12/h3-10,14,18H,11,17H2,1-2H3. The average molecular weight is 272 g/mol. The van der Waals surface area contributed by atoms with Crippen LogP contribution in [0.5, 0.6) is 11.5 Å². The minimum absolute atomic E-state index is 0.0394. The number of benzene rings is 2. The van der Waals surface area contributed by atoms with Crippen molar-refractivity contribution in [3.63, 3.8) is 0 Å². The molecule has 0 heterocycles. The first kappa shape index (κ1) is 14.4. The number of methoxy groups -OCH3 is 2. The van der Waals surface area contributed by atoms with E-state index >= 15 is 0 Å². The monoisotopic (exact) mass is 272 g/mol. The van der Waals surface area contributed by atoms with Crippen LogP contribution in [0.2, 0.25) is 0 Å². The molecule has 0 saturated carbocycles. The topological polar surface area (TPSA) is 56.5 Å². The molecule has 1 atom stereocenters. The van der Waals surface area contributed by atoms with Crippen LogP contribution in [-0.4, -0.2) is 14.2 Å². The van der Waals surface area contributed by atoms with E-state index in [1.165, 1.54) is 5.56 Å². The lowest BCUT2D eigenvalue weighted by Gasteiger charge is -2.20. The first-order valence-electron chi connectivity index (χ1n) is 6.51. The Bertz CT molecular complexity index is 543. The summed E-state index contributed by atoms with van der Waals surface area (Å²) >= 11 is 0. The highest BCUT2D eigenvalue weighted by Gasteiger charge is 2.18. The van der Waals surface area contributed by atoms with Crippen LogP contribution in [0.25, 0.3) is 0 Å². The van der Waals surface area contributed by atoms with E-state index in [2.05, 4.69) is 17.6 Å². The predicted octanol–water partition coefficient (Wildman–Crippen LogP) is 2.45. The Balaban J connectivity index is 2.32. The van der Waals surface area contributed by atoms with E-state index < -0.39 is 0 Å². The highest BCUT2D eigenvalue weighted by Crippen LogP contribution is 2.35. The van der Waals surface area contributed by atoms with E-state index in [1.807, 2.05) is 36.4 Å². The summed E-state index contributed by atoms with van der Waals surface area (Å²) in [6.07, 6.45) is 0.779. The molecule has 0 bridgehead atoms. The summed E-state index contributed by atoms with van der Waals surface area (Å²) < 4.78 is 10.8. The summed E-state index contributed by atoms with van der Waals surface area (Å²) in [5, 5.41) is 0. The van der Waals surface area contributed by atoms with Crippen molar-refractivity contribution in [1.29, 1.82) is 0 Å². The molecule has 0 aliphatic carbocycles. The Morgan fingerprint density at radius 2 is 1.75 bits per heavy atom. The van der Waals surface area contributed by atoms with Gasteiger partial charge in [0, 0.05) is 5.56 Å². The largest absolute Gasteiger partial charge is 0.493 e. The van der Waals surface area contributed by atoms with Crippen molar-refractivity contribution in [1.82, 2.24) is 5.43 Å². The van der Waals surface area contributed by atoms with Gasteiger partial charge in [-0.3, -0.25) is 11.3 Å². The van der Waals surface area contributed by atoms with E-state index in [0.29, 0.717) is 11.5 Å². The Labute approximate surface area is 119 Å². The molecule has 2 rings (SSSR count). The number of nitrogens with one attached hydrogen (secondary N) is 1. The molecule has 1 unspecified atom stereocenters. The quantitative estimate of drug-likeness (QED) is 0.626. The zero-order valence-corrected chi connectivity index (χ0v) is 11.8. The van der Waals surface area contributed by atoms with Crippen LogP contribution in [-0.2, 0) is 6.42 Å². The van der Waals surface area contributed by atoms with Crippen LogP contribution in [0.4, 0.5) is 0 Å². The Hall–Kier alpha value is -2.04. The molecular formula is C16H20N2O2. The van der Waals surface area contributed by atoms with Crippen LogP contribution >= 0.6 is 0 Å². The molecular weight excluding hydrogens is 252 g/mol.